The van der Waals surface area contributed by atoms with Crippen molar-refractivity contribution in [3.8, 4) is 6.07 Å². The maximum Gasteiger partial charge on any atom is 0.323 e. The van der Waals surface area contributed by atoms with Crippen molar-refractivity contribution in [2.24, 2.45) is 5.92 Å². The number of pyridine rings is 1. The molecule has 33 heavy (non-hydrogen) atoms. The first-order valence-corrected chi connectivity index (χ1v) is 12.3. The van der Waals surface area contributed by atoms with Crippen LogP contribution in [0.3, 0.4) is 0 Å². The number of aliphatic carboxylic acids is 1. The van der Waals surface area contributed by atoms with E-state index in [2.05, 4.69) is 17.9 Å². The number of carboxylic acids is 1. The molecule has 176 valence electrons. The molecule has 1 amide bonds. The molecule has 0 saturated carbocycles. The van der Waals surface area contributed by atoms with Crippen LogP contribution in [0.1, 0.15) is 56.2 Å². The maximum atomic E-state index is 13.3. The van der Waals surface area contributed by atoms with E-state index in [-0.39, 0.29) is 15.4 Å². The molecule has 3 heterocycles. The smallest absolute Gasteiger partial charge is 0.323 e. The second-order valence-electron chi connectivity index (χ2n) is 8.49. The zero-order chi connectivity index (χ0) is 24.3. The molecule has 1 aromatic rings. The summed E-state index contributed by atoms with van der Waals surface area (Å²) in [6.07, 6.45) is 5.32. The summed E-state index contributed by atoms with van der Waals surface area (Å²) < 4.78 is 1.86. The molecule has 2 aliphatic rings. The van der Waals surface area contributed by atoms with Crippen LogP contribution in [0.15, 0.2) is 9.70 Å². The van der Waals surface area contributed by atoms with Crippen LogP contribution < -0.4 is 10.5 Å². The van der Waals surface area contributed by atoms with E-state index in [0.29, 0.717) is 28.5 Å². The molecule has 0 bridgehead atoms. The van der Waals surface area contributed by atoms with E-state index < -0.39 is 18.4 Å². The van der Waals surface area contributed by atoms with Crippen LogP contribution in [0.2, 0.25) is 0 Å². The Labute approximate surface area is 202 Å². The number of hydrogen-bond donors (Lipinski definition) is 1. The topological polar surface area (TPSA) is 107 Å². The van der Waals surface area contributed by atoms with Gasteiger partial charge in [-0.2, -0.15) is 5.26 Å². The first kappa shape index (κ1) is 25.0. The number of aromatic nitrogens is 1. The Kier molecular flexibility index (Phi) is 7.97. The Balaban J connectivity index is 2.21. The lowest BCUT2D eigenvalue weighted by Crippen LogP contribution is -2.39. The molecule has 0 aliphatic carbocycles. The van der Waals surface area contributed by atoms with Gasteiger partial charge in [0.2, 0.25) is 0 Å². The minimum Gasteiger partial charge on any atom is -0.480 e. The average Bonchev–Trinajstić information content (AvgIpc) is 3.03. The highest BCUT2D eigenvalue weighted by atomic mass is 32.2. The lowest BCUT2D eigenvalue weighted by atomic mass is 9.97. The summed E-state index contributed by atoms with van der Waals surface area (Å²) in [5.74, 6) is -0.311. The van der Waals surface area contributed by atoms with Gasteiger partial charge in [0.05, 0.1) is 4.91 Å². The molecule has 0 radical (unpaired) electrons. The Bertz CT molecular complexity index is 1110. The molecule has 0 spiro atoms. The third kappa shape index (κ3) is 5.14. The van der Waals surface area contributed by atoms with Gasteiger partial charge in [0, 0.05) is 25.2 Å². The standard InChI is InChI=1S/C23H28N4O4S2/c1-4-5-8-26-20(25-9-6-14(2)7-10-25)16(15(3)17(12-24)21(26)30)11-18-22(31)27(13-19(28)29)23(32)33-18/h11,14H,4-10,13H2,1-3H3,(H,28,29). The highest BCUT2D eigenvalue weighted by Gasteiger charge is 2.34. The second kappa shape index (κ2) is 10.5. The van der Waals surface area contributed by atoms with Gasteiger partial charge in [0.1, 0.15) is 28.3 Å². The fraction of sp³-hybridized carbons (Fsp3) is 0.522. The molecule has 10 heteroatoms. The number of amides is 1. The molecule has 8 nitrogen and oxygen atoms in total. The van der Waals surface area contributed by atoms with E-state index >= 15 is 0 Å². The highest BCUT2D eigenvalue weighted by Crippen LogP contribution is 2.36. The summed E-state index contributed by atoms with van der Waals surface area (Å²) in [6, 6.07) is 2.05. The van der Waals surface area contributed by atoms with Gasteiger partial charge in [-0.25, -0.2) is 0 Å². The minimum atomic E-state index is -1.15. The van der Waals surface area contributed by atoms with Crippen LogP contribution in [0.4, 0.5) is 5.82 Å². The molecule has 1 aromatic heterocycles. The number of thiocarbonyl (C=S) groups is 1. The number of anilines is 1. The van der Waals surface area contributed by atoms with Gasteiger partial charge in [-0.3, -0.25) is 23.9 Å². The Morgan fingerprint density at radius 1 is 1.33 bits per heavy atom. The molecule has 3 rings (SSSR count). The predicted molar refractivity (Wildman–Crippen MR) is 133 cm³/mol. The second-order valence-corrected chi connectivity index (χ2v) is 10.2. The molecular weight excluding hydrogens is 460 g/mol. The summed E-state index contributed by atoms with van der Waals surface area (Å²) in [5, 5.41) is 18.9. The summed E-state index contributed by atoms with van der Waals surface area (Å²) in [7, 11) is 0. The third-order valence-corrected chi connectivity index (χ3v) is 7.49. The monoisotopic (exact) mass is 488 g/mol. The Hall–Kier alpha value is -2.64. The molecule has 0 unspecified atom stereocenters. The molecule has 1 N–H and O–H groups in total. The van der Waals surface area contributed by atoms with E-state index in [1.54, 1.807) is 17.6 Å². The lowest BCUT2D eigenvalue weighted by Gasteiger charge is -2.35. The number of piperidine rings is 1. The number of carbonyl (C=O) groups excluding carboxylic acids is 1. The van der Waals surface area contributed by atoms with Gasteiger partial charge in [-0.05, 0) is 43.7 Å². The Morgan fingerprint density at radius 3 is 2.58 bits per heavy atom. The number of unbranched alkanes of at least 4 members (excludes halogenated alkanes) is 1. The summed E-state index contributed by atoms with van der Waals surface area (Å²) in [5.41, 5.74) is 0.917. The van der Waals surface area contributed by atoms with Crippen LogP contribution in [0, 0.1) is 24.2 Å². The van der Waals surface area contributed by atoms with Crippen molar-refractivity contribution in [2.45, 2.75) is 53.0 Å². The SMILES string of the molecule is CCCCn1c(N2CCC(C)CC2)c(C=C2SC(=S)N(CC(=O)O)C2=O)c(C)c(C#N)c1=O. The molecular formula is C23H28N4O4S2. The van der Waals surface area contributed by atoms with Gasteiger partial charge in [0.15, 0.2) is 0 Å². The van der Waals surface area contributed by atoms with Gasteiger partial charge in [0.25, 0.3) is 11.5 Å². The van der Waals surface area contributed by atoms with Gasteiger partial charge in [-0.1, -0.05) is 44.2 Å². The van der Waals surface area contributed by atoms with Crippen molar-refractivity contribution >= 4 is 52.1 Å². The van der Waals surface area contributed by atoms with Crippen molar-refractivity contribution in [1.82, 2.24) is 9.47 Å². The van der Waals surface area contributed by atoms with Gasteiger partial charge < -0.3 is 10.0 Å². The highest BCUT2D eigenvalue weighted by molar-refractivity contribution is 8.26. The van der Waals surface area contributed by atoms with Crippen LogP contribution in [-0.4, -0.2) is 50.4 Å². The zero-order valence-electron chi connectivity index (χ0n) is 19.1. The van der Waals surface area contributed by atoms with Crippen molar-refractivity contribution in [3.63, 3.8) is 0 Å². The lowest BCUT2D eigenvalue weighted by molar-refractivity contribution is -0.140. The third-order valence-electron chi connectivity index (χ3n) is 6.11. The number of carboxylic acid groups (broad SMARTS) is 1. The van der Waals surface area contributed by atoms with Crippen LogP contribution in [0.25, 0.3) is 6.08 Å². The van der Waals surface area contributed by atoms with Crippen molar-refractivity contribution < 1.29 is 14.7 Å². The molecule has 0 aromatic carbocycles. The van der Waals surface area contributed by atoms with Crippen molar-refractivity contribution in [3.05, 3.63) is 31.9 Å². The summed E-state index contributed by atoms with van der Waals surface area (Å²) in [6.45, 7) is 7.51. The van der Waals surface area contributed by atoms with E-state index in [4.69, 9.17) is 17.3 Å². The number of hydrogen-bond acceptors (Lipinski definition) is 7. The number of rotatable bonds is 7. The normalized spacial score (nSPS) is 18.3. The molecule has 2 fully saturated rings. The fourth-order valence-electron chi connectivity index (χ4n) is 4.13. The zero-order valence-corrected chi connectivity index (χ0v) is 20.7. The number of nitrogens with zero attached hydrogens (tertiary/aromatic N) is 4. The molecule has 2 saturated heterocycles. The Morgan fingerprint density at radius 2 is 2.00 bits per heavy atom. The van der Waals surface area contributed by atoms with E-state index in [1.165, 1.54) is 0 Å². The largest absolute Gasteiger partial charge is 0.480 e. The molecule has 0 atom stereocenters. The predicted octanol–water partition coefficient (Wildman–Crippen LogP) is 3.35. The quantitative estimate of drug-likeness (QED) is 0.460. The first-order chi connectivity index (χ1) is 15.7. The summed E-state index contributed by atoms with van der Waals surface area (Å²) >= 11 is 6.27. The number of thioether (sulfide) groups is 1. The van der Waals surface area contributed by atoms with E-state index in [9.17, 15) is 19.6 Å². The number of carbonyl (C=O) groups is 2. The minimum absolute atomic E-state index is 0.0625. The maximum absolute atomic E-state index is 13.3. The number of nitriles is 1. The van der Waals surface area contributed by atoms with E-state index in [0.717, 1.165) is 61.3 Å². The van der Waals surface area contributed by atoms with Crippen LogP contribution in [0.5, 0.6) is 0 Å². The van der Waals surface area contributed by atoms with Gasteiger partial charge >= 0.3 is 5.97 Å². The van der Waals surface area contributed by atoms with Crippen LogP contribution in [-0.2, 0) is 16.1 Å². The fourth-order valence-corrected chi connectivity index (χ4v) is 5.37. The first-order valence-electron chi connectivity index (χ1n) is 11.1. The van der Waals surface area contributed by atoms with Gasteiger partial charge in [-0.15, -0.1) is 0 Å². The average molecular weight is 489 g/mol. The summed E-state index contributed by atoms with van der Waals surface area (Å²) in [4.78, 5) is 40.9. The van der Waals surface area contributed by atoms with E-state index in [1.807, 2.05) is 6.92 Å². The molecule has 2 aliphatic heterocycles. The van der Waals surface area contributed by atoms with Crippen LogP contribution >= 0.6 is 24.0 Å². The van der Waals surface area contributed by atoms with Crippen molar-refractivity contribution in [1.29, 1.82) is 5.26 Å². The van der Waals surface area contributed by atoms with Crippen molar-refractivity contribution in [2.75, 3.05) is 24.5 Å².